The third-order valence-electron chi connectivity index (χ3n) is 0.497. The second kappa shape index (κ2) is 5.34. The fourth-order valence-corrected chi connectivity index (χ4v) is 0.219. The van der Waals surface area contributed by atoms with Gasteiger partial charge in [-0.1, -0.05) is 0 Å². The van der Waals surface area contributed by atoms with Crippen molar-refractivity contribution in [2.45, 2.75) is 12.8 Å². The molecule has 0 unspecified atom stereocenters. The summed E-state index contributed by atoms with van der Waals surface area (Å²) in [6.45, 7) is 0. The molecule has 0 rings (SSSR count). The van der Waals surface area contributed by atoms with Crippen LogP contribution in [0.3, 0.4) is 0 Å². The highest BCUT2D eigenvalue weighted by molar-refractivity contribution is 5.63. The molecule has 0 amide bonds. The fraction of sp³-hybridized carbons (Fsp3) is 0.600. The Balaban J connectivity index is 2.82. The molecule has 0 atom stereocenters. The Hall–Kier alpha value is -0.660. The van der Waals surface area contributed by atoms with Gasteiger partial charge in [-0.2, -0.15) is 0 Å². The van der Waals surface area contributed by atoms with Crippen LogP contribution in [0.5, 0.6) is 0 Å². The van der Waals surface area contributed by atoms with Gasteiger partial charge in [0.2, 0.25) is 0 Å². The molecule has 0 spiro atoms. The zero-order valence-electron chi connectivity index (χ0n) is 4.27. The van der Waals surface area contributed by atoms with Gasteiger partial charge < -0.3 is 0 Å². The number of unbranched alkanes of at least 4 members (excludes halogenated alkanes) is 1. The van der Waals surface area contributed by atoms with Crippen LogP contribution in [0.1, 0.15) is 12.8 Å². The monoisotopic (exact) mass is 97.1 g/mol. The van der Waals surface area contributed by atoms with Gasteiger partial charge in [0, 0.05) is 13.5 Å². The largest absolute Gasteiger partial charge is 0.291 e. The third kappa shape index (κ3) is 5.34. The van der Waals surface area contributed by atoms with Crippen molar-refractivity contribution in [1.29, 1.82) is 0 Å². The van der Waals surface area contributed by atoms with E-state index in [2.05, 4.69) is 11.2 Å². The maximum atomic E-state index is 9.47. The lowest BCUT2D eigenvalue weighted by atomic mass is 10.4. The first-order chi connectivity index (χ1) is 3.41. The molecular weight excluding hydrogens is 90.1 g/mol. The van der Waals surface area contributed by atoms with Crippen molar-refractivity contribution in [2.24, 2.45) is 4.99 Å². The van der Waals surface area contributed by atoms with Crippen molar-refractivity contribution in [3.8, 4) is 0 Å². The van der Waals surface area contributed by atoms with Crippen LogP contribution in [0.2, 0.25) is 0 Å². The summed E-state index contributed by atoms with van der Waals surface area (Å²) in [5.74, 6) is 0. The van der Waals surface area contributed by atoms with E-state index in [4.69, 9.17) is 0 Å². The van der Waals surface area contributed by atoms with Gasteiger partial charge in [-0.15, -0.1) is 0 Å². The second-order valence-corrected chi connectivity index (χ2v) is 1.03. The van der Waals surface area contributed by atoms with Crippen molar-refractivity contribution >= 4 is 12.5 Å². The van der Waals surface area contributed by atoms with E-state index < -0.39 is 0 Å². The first-order valence-corrected chi connectivity index (χ1v) is 2.08. The minimum absolute atomic E-state index is 0.414. The Labute approximate surface area is 43.3 Å². The Morgan fingerprint density at radius 2 is 2.29 bits per heavy atom. The molecule has 2 heteroatoms. The van der Waals surface area contributed by atoms with E-state index in [1.165, 1.54) is 0 Å². The Bertz CT molecular complexity index is 68.5. The van der Waals surface area contributed by atoms with Crippen LogP contribution in [-0.4, -0.2) is 19.5 Å². The van der Waals surface area contributed by atoms with Crippen molar-refractivity contribution in [2.75, 3.05) is 7.05 Å². The highest BCUT2D eigenvalue weighted by Gasteiger charge is 1.76. The molecule has 0 aliphatic heterocycles. The van der Waals surface area contributed by atoms with Crippen molar-refractivity contribution in [3.63, 3.8) is 0 Å². The van der Waals surface area contributed by atoms with E-state index >= 15 is 0 Å². The standard InChI is InChI=1S/C5H7NO/c1-6-4-2-3-5-7/h2-3H2,1H3. The quantitative estimate of drug-likeness (QED) is 0.371. The van der Waals surface area contributed by atoms with Crippen LogP contribution in [0, 0.1) is 0 Å². The molecule has 0 fully saturated rings. The molecule has 38 valence electrons. The number of rotatable bonds is 3. The second-order valence-electron chi connectivity index (χ2n) is 1.03. The molecule has 0 N–H and O–H groups in total. The van der Waals surface area contributed by atoms with Crippen molar-refractivity contribution in [3.05, 3.63) is 0 Å². The van der Waals surface area contributed by atoms with E-state index in [0.717, 1.165) is 0 Å². The topological polar surface area (TPSA) is 29.4 Å². The maximum absolute atomic E-state index is 9.47. The van der Waals surface area contributed by atoms with Gasteiger partial charge in [0.1, 0.15) is 0 Å². The molecule has 0 aromatic rings. The Morgan fingerprint density at radius 1 is 1.57 bits per heavy atom. The summed E-state index contributed by atoms with van der Waals surface area (Å²) in [6, 6.07) is 0. The number of nitrogens with zero attached hydrogens (tertiary/aromatic N) is 1. The zero-order chi connectivity index (χ0) is 5.54. The van der Waals surface area contributed by atoms with Crippen LogP contribution in [0.25, 0.3) is 0 Å². The van der Waals surface area contributed by atoms with Crippen LogP contribution in [0.4, 0.5) is 0 Å². The lowest BCUT2D eigenvalue weighted by molar-refractivity contribution is 0.552. The number of aliphatic imine (C=N–C) groups is 1. The molecule has 0 saturated heterocycles. The van der Waals surface area contributed by atoms with E-state index in [9.17, 15) is 4.79 Å². The minimum atomic E-state index is 0.414. The van der Waals surface area contributed by atoms with Crippen LogP contribution in [0.15, 0.2) is 4.99 Å². The first-order valence-electron chi connectivity index (χ1n) is 2.08. The molecule has 0 aromatic heterocycles. The lowest BCUT2D eigenvalue weighted by Gasteiger charge is -1.73. The van der Waals surface area contributed by atoms with Gasteiger partial charge in [-0.25, -0.2) is 0 Å². The number of hydrogen-bond acceptors (Lipinski definition) is 2. The molecule has 2 radical (unpaired) electrons. The number of carbonyl (C=O) groups excluding carboxylic acids is 1. The first kappa shape index (κ1) is 6.34. The normalized spacial score (nSPS) is 9.86. The molecule has 7 heavy (non-hydrogen) atoms. The van der Waals surface area contributed by atoms with Crippen LogP contribution >= 0.6 is 0 Å². The van der Waals surface area contributed by atoms with Crippen LogP contribution < -0.4 is 0 Å². The predicted molar refractivity (Wildman–Crippen MR) is 28.3 cm³/mol. The smallest absolute Gasteiger partial charge is 0.198 e. The molecule has 0 heterocycles. The summed E-state index contributed by atoms with van der Waals surface area (Å²) in [5, 5.41) is 0. The van der Waals surface area contributed by atoms with E-state index in [-0.39, 0.29) is 0 Å². The SMILES string of the molecule is C/N=[C]/CC[C]=O. The molecule has 0 aliphatic carbocycles. The summed E-state index contributed by atoms with van der Waals surface area (Å²) in [6.07, 6.45) is 5.35. The highest BCUT2D eigenvalue weighted by atomic mass is 16.1. The lowest BCUT2D eigenvalue weighted by Crippen LogP contribution is -1.75. The van der Waals surface area contributed by atoms with E-state index in [0.29, 0.717) is 12.8 Å². The minimum Gasteiger partial charge on any atom is -0.291 e. The average molecular weight is 97.1 g/mol. The van der Waals surface area contributed by atoms with Crippen molar-refractivity contribution in [1.82, 2.24) is 0 Å². The molecule has 2 nitrogen and oxygen atoms in total. The van der Waals surface area contributed by atoms with Gasteiger partial charge in [0.15, 0.2) is 6.29 Å². The Morgan fingerprint density at radius 3 is 2.71 bits per heavy atom. The molecule has 0 aromatic carbocycles. The highest BCUT2D eigenvalue weighted by Crippen LogP contribution is 1.75. The predicted octanol–water partition coefficient (Wildman–Crippen LogP) is 0.454. The summed E-state index contributed by atoms with van der Waals surface area (Å²) >= 11 is 0. The summed E-state index contributed by atoms with van der Waals surface area (Å²) < 4.78 is 0. The van der Waals surface area contributed by atoms with E-state index in [1.54, 1.807) is 13.3 Å². The van der Waals surface area contributed by atoms with Crippen molar-refractivity contribution < 1.29 is 4.79 Å². The molecule has 0 bridgehead atoms. The summed E-state index contributed by atoms with van der Waals surface area (Å²) in [5.41, 5.74) is 0. The van der Waals surface area contributed by atoms with Gasteiger partial charge in [0.25, 0.3) is 0 Å². The van der Waals surface area contributed by atoms with Crippen LogP contribution in [-0.2, 0) is 4.79 Å². The van der Waals surface area contributed by atoms with Gasteiger partial charge in [-0.05, 0) is 6.42 Å². The van der Waals surface area contributed by atoms with Gasteiger partial charge in [0.05, 0.1) is 6.21 Å². The third-order valence-corrected chi connectivity index (χ3v) is 0.497. The number of hydrogen-bond donors (Lipinski definition) is 0. The fourth-order valence-electron chi connectivity index (χ4n) is 0.219. The van der Waals surface area contributed by atoms with Gasteiger partial charge in [-0.3, -0.25) is 9.79 Å². The van der Waals surface area contributed by atoms with Gasteiger partial charge >= 0.3 is 0 Å². The zero-order valence-corrected chi connectivity index (χ0v) is 4.27. The average Bonchev–Trinajstić information content (AvgIpc) is 1.69. The molecule has 0 saturated carbocycles. The summed E-state index contributed by atoms with van der Waals surface area (Å²) in [7, 11) is 1.63. The summed E-state index contributed by atoms with van der Waals surface area (Å²) in [4.78, 5) is 13.0. The van der Waals surface area contributed by atoms with E-state index in [1.807, 2.05) is 0 Å². The Kier molecular flexibility index (Phi) is 4.84. The maximum Gasteiger partial charge on any atom is 0.198 e. The molecule has 0 aliphatic rings. The molecular formula is C5H7NO.